The number of halogens is 2. The van der Waals surface area contributed by atoms with Crippen molar-refractivity contribution in [1.29, 1.82) is 0 Å². The van der Waals surface area contributed by atoms with Crippen molar-refractivity contribution in [1.82, 2.24) is 15.3 Å². The molecular weight excluding hydrogens is 431 g/mol. The predicted molar refractivity (Wildman–Crippen MR) is 128 cm³/mol. The number of aromatic nitrogens is 2. The van der Waals surface area contributed by atoms with Crippen LogP contribution in [0.25, 0.3) is 10.9 Å². The maximum atomic E-state index is 12.8. The lowest BCUT2D eigenvalue weighted by molar-refractivity contribution is 0.0947. The molecule has 0 aliphatic heterocycles. The Labute approximate surface area is 191 Å². The average Bonchev–Trinajstić information content (AvgIpc) is 3.20. The van der Waals surface area contributed by atoms with Crippen molar-refractivity contribution in [2.24, 2.45) is 0 Å². The maximum absolute atomic E-state index is 12.8. The zero-order valence-electron chi connectivity index (χ0n) is 17.2. The van der Waals surface area contributed by atoms with Gasteiger partial charge in [0.25, 0.3) is 5.91 Å². The van der Waals surface area contributed by atoms with Gasteiger partial charge in [0, 0.05) is 49.3 Å². The van der Waals surface area contributed by atoms with Gasteiger partial charge < -0.3 is 15.2 Å². The van der Waals surface area contributed by atoms with E-state index in [1.54, 1.807) is 12.1 Å². The van der Waals surface area contributed by atoms with Crippen molar-refractivity contribution < 1.29 is 4.79 Å². The minimum absolute atomic E-state index is 0.0609. The molecule has 31 heavy (non-hydrogen) atoms. The number of pyridine rings is 1. The molecule has 4 rings (SSSR count). The van der Waals surface area contributed by atoms with Gasteiger partial charge in [-0.2, -0.15) is 0 Å². The summed E-state index contributed by atoms with van der Waals surface area (Å²) in [6, 6.07) is 19.6. The highest BCUT2D eigenvalue weighted by atomic mass is 35.5. The molecule has 0 saturated heterocycles. The molecular formula is C24H22Cl2N4O. The van der Waals surface area contributed by atoms with Crippen LogP contribution in [-0.4, -0.2) is 36.5 Å². The Morgan fingerprint density at radius 2 is 1.81 bits per heavy atom. The summed E-state index contributed by atoms with van der Waals surface area (Å²) in [6.07, 6.45) is 2.01. The number of amides is 1. The number of hydrogen-bond acceptors (Lipinski definition) is 3. The quantitative estimate of drug-likeness (QED) is 0.379. The number of rotatable bonds is 6. The summed E-state index contributed by atoms with van der Waals surface area (Å²) in [4.78, 5) is 22.3. The number of fused-ring (bicyclic) bond motifs is 1. The van der Waals surface area contributed by atoms with Gasteiger partial charge in [-0.1, -0.05) is 53.5 Å². The van der Waals surface area contributed by atoms with Gasteiger partial charge in [-0.05, 0) is 41.5 Å². The number of anilines is 1. The van der Waals surface area contributed by atoms with Crippen molar-refractivity contribution in [3.8, 4) is 0 Å². The number of nitrogens with one attached hydrogen (secondary N) is 2. The molecule has 0 aliphatic rings. The van der Waals surface area contributed by atoms with Gasteiger partial charge in [0.1, 0.15) is 10.8 Å². The van der Waals surface area contributed by atoms with Crippen molar-refractivity contribution in [2.75, 3.05) is 25.5 Å². The zero-order chi connectivity index (χ0) is 22.0. The third-order valence-corrected chi connectivity index (χ3v) is 5.82. The van der Waals surface area contributed by atoms with Gasteiger partial charge in [0.15, 0.2) is 0 Å². The van der Waals surface area contributed by atoms with Crippen LogP contribution >= 0.6 is 23.2 Å². The molecule has 0 fully saturated rings. The predicted octanol–water partition coefficient (Wildman–Crippen LogP) is 5.50. The van der Waals surface area contributed by atoms with Gasteiger partial charge in [-0.15, -0.1) is 0 Å². The van der Waals surface area contributed by atoms with Gasteiger partial charge in [-0.3, -0.25) is 4.79 Å². The number of nitrogens with zero attached hydrogens (tertiary/aromatic N) is 2. The Bertz CT molecular complexity index is 1220. The SMILES string of the molecule is CN(C)c1ccc(C(CNC(=O)c2nc(Cl)ccc2Cl)c2c[nH]c3ccccc23)cc1. The molecule has 1 amide bonds. The van der Waals surface area contributed by atoms with Crippen molar-refractivity contribution in [3.63, 3.8) is 0 Å². The summed E-state index contributed by atoms with van der Waals surface area (Å²) in [7, 11) is 4.02. The number of carbonyl (C=O) groups is 1. The molecule has 1 unspecified atom stereocenters. The normalized spacial score (nSPS) is 12.0. The molecule has 2 heterocycles. The largest absolute Gasteiger partial charge is 0.378 e. The van der Waals surface area contributed by atoms with Crippen molar-refractivity contribution in [3.05, 3.63) is 93.9 Å². The number of aromatic amines is 1. The smallest absolute Gasteiger partial charge is 0.271 e. The fraction of sp³-hybridized carbons (Fsp3) is 0.167. The fourth-order valence-corrected chi connectivity index (χ4v) is 3.99. The van der Waals surface area contributed by atoms with Gasteiger partial charge >= 0.3 is 0 Å². The highest BCUT2D eigenvalue weighted by Crippen LogP contribution is 2.31. The molecule has 2 N–H and O–H groups in total. The van der Waals surface area contributed by atoms with Crippen LogP contribution < -0.4 is 10.2 Å². The summed E-state index contributed by atoms with van der Waals surface area (Å²) in [5.74, 6) is -0.420. The zero-order valence-corrected chi connectivity index (χ0v) is 18.7. The number of benzene rings is 2. The summed E-state index contributed by atoms with van der Waals surface area (Å²) in [5.41, 5.74) is 4.49. The fourth-order valence-electron chi connectivity index (χ4n) is 3.65. The summed E-state index contributed by atoms with van der Waals surface area (Å²) in [6.45, 7) is 0.381. The minimum Gasteiger partial charge on any atom is -0.378 e. The second-order valence-corrected chi connectivity index (χ2v) is 8.30. The molecule has 7 heteroatoms. The van der Waals surface area contributed by atoms with E-state index in [4.69, 9.17) is 23.2 Å². The number of H-pyrrole nitrogens is 1. The minimum atomic E-state index is -0.359. The highest BCUT2D eigenvalue weighted by Gasteiger charge is 2.21. The van der Waals surface area contributed by atoms with E-state index in [2.05, 4.69) is 50.5 Å². The maximum Gasteiger partial charge on any atom is 0.271 e. The van der Waals surface area contributed by atoms with Crippen LogP contribution in [0.4, 0.5) is 5.69 Å². The molecule has 158 valence electrons. The van der Waals surface area contributed by atoms with E-state index in [1.165, 1.54) is 0 Å². The Morgan fingerprint density at radius 1 is 1.06 bits per heavy atom. The first-order valence-corrected chi connectivity index (χ1v) is 10.6. The standard InChI is InChI=1S/C24H22Cl2N4O/c1-30(2)16-9-7-15(8-10-16)18(19-14-27-21-6-4-3-5-17(19)21)13-28-24(31)23-20(25)11-12-22(26)29-23/h3-12,14,18,27H,13H2,1-2H3,(H,28,31). The first-order chi connectivity index (χ1) is 14.9. The highest BCUT2D eigenvalue weighted by molar-refractivity contribution is 6.34. The van der Waals surface area contributed by atoms with Crippen LogP contribution in [0, 0.1) is 0 Å². The van der Waals surface area contributed by atoms with Crippen LogP contribution in [0.1, 0.15) is 27.5 Å². The molecule has 0 radical (unpaired) electrons. The summed E-state index contributed by atoms with van der Waals surface area (Å²) < 4.78 is 0. The van der Waals surface area contributed by atoms with Gasteiger partial charge in [0.05, 0.1) is 5.02 Å². The third-order valence-electron chi connectivity index (χ3n) is 5.30. The average molecular weight is 453 g/mol. The van der Waals surface area contributed by atoms with E-state index < -0.39 is 0 Å². The van der Waals surface area contributed by atoms with E-state index in [1.807, 2.05) is 38.5 Å². The van der Waals surface area contributed by atoms with Crippen LogP contribution in [0.3, 0.4) is 0 Å². The van der Waals surface area contributed by atoms with E-state index in [9.17, 15) is 4.79 Å². The van der Waals surface area contributed by atoms with Crippen molar-refractivity contribution in [2.45, 2.75) is 5.92 Å². The Balaban J connectivity index is 1.67. The lowest BCUT2D eigenvalue weighted by Crippen LogP contribution is -2.29. The van der Waals surface area contributed by atoms with Crippen LogP contribution in [0.5, 0.6) is 0 Å². The first-order valence-electron chi connectivity index (χ1n) is 9.87. The van der Waals surface area contributed by atoms with E-state index in [0.717, 1.165) is 27.7 Å². The lowest BCUT2D eigenvalue weighted by Gasteiger charge is -2.20. The Hall–Kier alpha value is -3.02. The molecule has 0 saturated carbocycles. The number of para-hydroxylation sites is 1. The number of hydrogen-bond donors (Lipinski definition) is 2. The van der Waals surface area contributed by atoms with E-state index in [0.29, 0.717) is 6.54 Å². The van der Waals surface area contributed by atoms with Crippen molar-refractivity contribution >= 4 is 45.7 Å². The topological polar surface area (TPSA) is 61.0 Å². The molecule has 5 nitrogen and oxygen atoms in total. The molecule has 1 atom stereocenters. The molecule has 0 bridgehead atoms. The Kier molecular flexibility index (Phi) is 6.16. The first kappa shape index (κ1) is 21.2. The molecule has 2 aromatic carbocycles. The van der Waals surface area contributed by atoms with E-state index in [-0.39, 0.29) is 27.7 Å². The van der Waals surface area contributed by atoms with Gasteiger partial charge in [0.2, 0.25) is 0 Å². The second kappa shape index (κ2) is 9.00. The molecule has 2 aromatic heterocycles. The van der Waals surface area contributed by atoms with Crippen LogP contribution in [0.2, 0.25) is 10.2 Å². The second-order valence-electron chi connectivity index (χ2n) is 7.50. The van der Waals surface area contributed by atoms with Gasteiger partial charge in [-0.25, -0.2) is 4.98 Å². The molecule has 4 aromatic rings. The number of carbonyl (C=O) groups excluding carboxylic acids is 1. The molecule has 0 aliphatic carbocycles. The van der Waals surface area contributed by atoms with Crippen LogP contribution in [-0.2, 0) is 0 Å². The van der Waals surface area contributed by atoms with Crippen LogP contribution in [0.15, 0.2) is 66.9 Å². The lowest BCUT2D eigenvalue weighted by atomic mass is 9.90. The summed E-state index contributed by atoms with van der Waals surface area (Å²) >= 11 is 12.1. The third kappa shape index (κ3) is 4.53. The summed E-state index contributed by atoms with van der Waals surface area (Å²) in [5, 5.41) is 4.60. The van der Waals surface area contributed by atoms with E-state index >= 15 is 0 Å². The molecule has 0 spiro atoms. The monoisotopic (exact) mass is 452 g/mol. The Morgan fingerprint density at radius 3 is 2.55 bits per heavy atom.